The molecule has 0 bridgehead atoms. The summed E-state index contributed by atoms with van der Waals surface area (Å²) in [7, 11) is 0. The van der Waals surface area contributed by atoms with Crippen LogP contribution in [0.2, 0.25) is 0 Å². The molecule has 0 aliphatic carbocycles. The third-order valence-corrected chi connectivity index (χ3v) is 3.80. The highest BCUT2D eigenvalue weighted by Gasteiger charge is 2.22. The van der Waals surface area contributed by atoms with E-state index in [4.69, 9.17) is 0 Å². The Labute approximate surface area is 93.7 Å². The highest BCUT2D eigenvalue weighted by atomic mass is 15.2. The lowest BCUT2D eigenvalue weighted by atomic mass is 9.95. The Kier molecular flexibility index (Phi) is 3.81. The maximum Gasteiger partial charge on any atom is 0.0224 e. The van der Waals surface area contributed by atoms with Gasteiger partial charge in [0.25, 0.3) is 0 Å². The Bertz CT molecular complexity index is 227. The molecule has 0 radical (unpaired) electrons. The third-order valence-electron chi connectivity index (χ3n) is 3.80. The van der Waals surface area contributed by atoms with Crippen molar-refractivity contribution in [3.05, 3.63) is 11.6 Å². The number of piperidine rings is 1. The van der Waals surface area contributed by atoms with E-state index in [9.17, 15) is 0 Å². The van der Waals surface area contributed by atoms with E-state index in [1.165, 1.54) is 45.4 Å². The maximum atomic E-state index is 3.50. The molecule has 0 saturated carbocycles. The first-order valence-corrected chi connectivity index (χ1v) is 6.41. The Balaban J connectivity index is 1.86. The number of nitrogens with zero attached hydrogens (tertiary/aromatic N) is 1. The van der Waals surface area contributed by atoms with Crippen LogP contribution in [0.15, 0.2) is 11.6 Å². The predicted molar refractivity (Wildman–Crippen MR) is 65.0 cm³/mol. The standard InChI is InChI=1S/C13H24N2/c1-11(2)12-5-8-15(9-6-12)13-4-3-7-14-10-13/h5,11,13-14H,3-4,6-10H2,1-2H3. The molecular weight excluding hydrogens is 184 g/mol. The minimum absolute atomic E-state index is 0.747. The molecule has 0 spiro atoms. The molecule has 2 heterocycles. The van der Waals surface area contributed by atoms with Crippen molar-refractivity contribution in [1.29, 1.82) is 0 Å². The maximum absolute atomic E-state index is 3.50. The van der Waals surface area contributed by atoms with Gasteiger partial charge in [0.15, 0.2) is 0 Å². The van der Waals surface area contributed by atoms with Crippen molar-refractivity contribution in [2.75, 3.05) is 26.2 Å². The molecule has 1 saturated heterocycles. The van der Waals surface area contributed by atoms with Gasteiger partial charge in [-0.25, -0.2) is 0 Å². The minimum atomic E-state index is 0.747. The highest BCUT2D eigenvalue weighted by Crippen LogP contribution is 2.21. The van der Waals surface area contributed by atoms with E-state index in [0.29, 0.717) is 0 Å². The lowest BCUT2D eigenvalue weighted by Gasteiger charge is -2.37. The quantitative estimate of drug-likeness (QED) is 0.699. The molecule has 1 unspecified atom stereocenters. The number of nitrogens with one attached hydrogen (secondary N) is 1. The van der Waals surface area contributed by atoms with Gasteiger partial charge in [0, 0.05) is 25.7 Å². The Morgan fingerprint density at radius 2 is 2.33 bits per heavy atom. The van der Waals surface area contributed by atoms with Crippen LogP contribution in [0.3, 0.4) is 0 Å². The zero-order valence-electron chi connectivity index (χ0n) is 10.1. The average Bonchev–Trinajstić information content (AvgIpc) is 2.30. The van der Waals surface area contributed by atoms with Crippen LogP contribution in [0.5, 0.6) is 0 Å². The lowest BCUT2D eigenvalue weighted by molar-refractivity contribution is 0.176. The SMILES string of the molecule is CC(C)C1=CCN(C2CCCNC2)CC1. The van der Waals surface area contributed by atoms with Crippen LogP contribution in [0.25, 0.3) is 0 Å². The molecule has 1 atom stereocenters. The summed E-state index contributed by atoms with van der Waals surface area (Å²) in [5.74, 6) is 0.747. The Hall–Kier alpha value is -0.340. The second-order valence-corrected chi connectivity index (χ2v) is 5.18. The summed E-state index contributed by atoms with van der Waals surface area (Å²) in [6.45, 7) is 9.49. The molecule has 2 aliphatic rings. The van der Waals surface area contributed by atoms with E-state index in [2.05, 4.69) is 30.1 Å². The fourth-order valence-corrected chi connectivity index (χ4v) is 2.70. The van der Waals surface area contributed by atoms with E-state index in [1.54, 1.807) is 5.57 Å². The second-order valence-electron chi connectivity index (χ2n) is 5.18. The molecule has 0 amide bonds. The largest absolute Gasteiger partial charge is 0.315 e. The van der Waals surface area contributed by atoms with Gasteiger partial charge >= 0.3 is 0 Å². The first kappa shape index (κ1) is 11.2. The summed E-state index contributed by atoms with van der Waals surface area (Å²) in [5.41, 5.74) is 1.66. The number of rotatable bonds is 2. The first-order valence-electron chi connectivity index (χ1n) is 6.41. The van der Waals surface area contributed by atoms with E-state index >= 15 is 0 Å². The molecule has 2 rings (SSSR count). The molecule has 0 aromatic heterocycles. The van der Waals surface area contributed by atoms with Crippen molar-refractivity contribution in [3.63, 3.8) is 0 Å². The van der Waals surface area contributed by atoms with E-state index in [0.717, 1.165) is 12.0 Å². The van der Waals surface area contributed by atoms with E-state index in [-0.39, 0.29) is 0 Å². The predicted octanol–water partition coefficient (Wildman–Crippen LogP) is 2.03. The molecule has 1 N–H and O–H groups in total. The third kappa shape index (κ3) is 2.82. The van der Waals surface area contributed by atoms with Crippen LogP contribution in [0, 0.1) is 5.92 Å². The zero-order valence-corrected chi connectivity index (χ0v) is 10.1. The van der Waals surface area contributed by atoms with Gasteiger partial charge in [-0.1, -0.05) is 25.5 Å². The van der Waals surface area contributed by atoms with E-state index in [1.807, 2.05) is 0 Å². The molecular formula is C13H24N2. The molecule has 2 heteroatoms. The fourth-order valence-electron chi connectivity index (χ4n) is 2.70. The lowest BCUT2D eigenvalue weighted by Crippen LogP contribution is -2.47. The summed E-state index contributed by atoms with van der Waals surface area (Å²) in [6, 6.07) is 0.795. The van der Waals surface area contributed by atoms with Crippen LogP contribution in [-0.4, -0.2) is 37.1 Å². The van der Waals surface area contributed by atoms with Crippen LogP contribution in [0.4, 0.5) is 0 Å². The van der Waals surface area contributed by atoms with Crippen molar-refractivity contribution in [1.82, 2.24) is 10.2 Å². The van der Waals surface area contributed by atoms with Crippen molar-refractivity contribution < 1.29 is 0 Å². The van der Waals surface area contributed by atoms with Gasteiger partial charge in [0.05, 0.1) is 0 Å². The molecule has 2 aliphatic heterocycles. The molecule has 0 aromatic carbocycles. The topological polar surface area (TPSA) is 15.3 Å². The summed E-state index contributed by atoms with van der Waals surface area (Å²) >= 11 is 0. The summed E-state index contributed by atoms with van der Waals surface area (Å²) in [5, 5.41) is 3.50. The van der Waals surface area contributed by atoms with E-state index < -0.39 is 0 Å². The monoisotopic (exact) mass is 208 g/mol. The van der Waals surface area contributed by atoms with Gasteiger partial charge in [-0.2, -0.15) is 0 Å². The molecule has 15 heavy (non-hydrogen) atoms. The fraction of sp³-hybridized carbons (Fsp3) is 0.846. The summed E-state index contributed by atoms with van der Waals surface area (Å²) < 4.78 is 0. The molecule has 2 nitrogen and oxygen atoms in total. The normalized spacial score (nSPS) is 29.3. The first-order chi connectivity index (χ1) is 7.27. The van der Waals surface area contributed by atoms with Gasteiger partial charge in [-0.05, 0) is 31.7 Å². The second kappa shape index (κ2) is 5.13. The van der Waals surface area contributed by atoms with Crippen molar-refractivity contribution in [2.45, 2.75) is 39.2 Å². The summed E-state index contributed by atoms with van der Waals surface area (Å²) in [6.07, 6.45) is 6.48. The average molecular weight is 208 g/mol. The van der Waals surface area contributed by atoms with Crippen LogP contribution < -0.4 is 5.32 Å². The summed E-state index contributed by atoms with van der Waals surface area (Å²) in [4.78, 5) is 2.65. The zero-order chi connectivity index (χ0) is 10.7. The van der Waals surface area contributed by atoms with Crippen molar-refractivity contribution in [3.8, 4) is 0 Å². The Morgan fingerprint density at radius 3 is 2.87 bits per heavy atom. The highest BCUT2D eigenvalue weighted by molar-refractivity contribution is 5.10. The van der Waals surface area contributed by atoms with Crippen molar-refractivity contribution in [2.24, 2.45) is 5.92 Å². The number of hydrogen-bond donors (Lipinski definition) is 1. The van der Waals surface area contributed by atoms with Gasteiger partial charge < -0.3 is 5.32 Å². The number of hydrogen-bond acceptors (Lipinski definition) is 2. The molecule has 1 fully saturated rings. The minimum Gasteiger partial charge on any atom is -0.315 e. The molecule has 86 valence electrons. The van der Waals surface area contributed by atoms with Crippen LogP contribution >= 0.6 is 0 Å². The van der Waals surface area contributed by atoms with Gasteiger partial charge in [-0.3, -0.25) is 4.90 Å². The molecule has 0 aromatic rings. The van der Waals surface area contributed by atoms with Gasteiger partial charge in [0.2, 0.25) is 0 Å². The van der Waals surface area contributed by atoms with Gasteiger partial charge in [-0.15, -0.1) is 0 Å². The smallest absolute Gasteiger partial charge is 0.0224 e. The van der Waals surface area contributed by atoms with Crippen LogP contribution in [-0.2, 0) is 0 Å². The Morgan fingerprint density at radius 1 is 1.47 bits per heavy atom. The van der Waals surface area contributed by atoms with Crippen LogP contribution in [0.1, 0.15) is 33.1 Å². The van der Waals surface area contributed by atoms with Gasteiger partial charge in [0.1, 0.15) is 0 Å². The van der Waals surface area contributed by atoms with Crippen molar-refractivity contribution >= 4 is 0 Å².